The van der Waals surface area contributed by atoms with Gasteiger partial charge >= 0.3 is 0 Å². The van der Waals surface area contributed by atoms with Crippen LogP contribution in [0.5, 0.6) is 5.75 Å². The summed E-state index contributed by atoms with van der Waals surface area (Å²) in [5.41, 5.74) is 2.42. The van der Waals surface area contributed by atoms with Crippen LogP contribution >= 0.6 is 0 Å². The Morgan fingerprint density at radius 2 is 2.00 bits per heavy atom. The summed E-state index contributed by atoms with van der Waals surface area (Å²) in [7, 11) is 3.48. The standard InChI is InChI=1S/C16H27NO2/c1-6-7-14(11-18-4)17-13(3)15-9-8-12(2)10-16(15)19-5/h8-10,13-14,17H,6-7,11H2,1-5H3. The van der Waals surface area contributed by atoms with Crippen LogP contribution < -0.4 is 10.1 Å². The van der Waals surface area contributed by atoms with Crippen molar-refractivity contribution in [2.45, 2.75) is 45.7 Å². The number of nitrogens with one attached hydrogen (secondary N) is 1. The minimum Gasteiger partial charge on any atom is -0.496 e. The maximum Gasteiger partial charge on any atom is 0.123 e. The van der Waals surface area contributed by atoms with Crippen LogP contribution in [0.3, 0.4) is 0 Å². The molecule has 1 aromatic rings. The van der Waals surface area contributed by atoms with Crippen molar-refractivity contribution in [2.75, 3.05) is 20.8 Å². The monoisotopic (exact) mass is 265 g/mol. The molecule has 0 amide bonds. The van der Waals surface area contributed by atoms with Gasteiger partial charge in [0.1, 0.15) is 5.75 Å². The molecule has 0 fully saturated rings. The molecule has 0 radical (unpaired) electrons. The Morgan fingerprint density at radius 1 is 1.26 bits per heavy atom. The van der Waals surface area contributed by atoms with Gasteiger partial charge in [-0.25, -0.2) is 0 Å². The summed E-state index contributed by atoms with van der Waals surface area (Å²) in [6.45, 7) is 7.19. The van der Waals surface area contributed by atoms with E-state index in [-0.39, 0.29) is 6.04 Å². The van der Waals surface area contributed by atoms with E-state index in [0.29, 0.717) is 6.04 Å². The van der Waals surface area contributed by atoms with Gasteiger partial charge in [-0.3, -0.25) is 0 Å². The SMILES string of the molecule is CCCC(COC)NC(C)c1ccc(C)cc1OC. The molecule has 1 aromatic carbocycles. The van der Waals surface area contributed by atoms with Gasteiger partial charge in [-0.15, -0.1) is 0 Å². The number of hydrogen-bond donors (Lipinski definition) is 1. The van der Waals surface area contributed by atoms with Crippen LogP contribution in [0.15, 0.2) is 18.2 Å². The maximum atomic E-state index is 5.48. The van der Waals surface area contributed by atoms with Crippen molar-refractivity contribution in [1.82, 2.24) is 5.32 Å². The lowest BCUT2D eigenvalue weighted by Gasteiger charge is -2.24. The van der Waals surface area contributed by atoms with Gasteiger partial charge in [-0.2, -0.15) is 0 Å². The highest BCUT2D eigenvalue weighted by Gasteiger charge is 2.15. The zero-order chi connectivity index (χ0) is 14.3. The van der Waals surface area contributed by atoms with Gasteiger partial charge in [0.15, 0.2) is 0 Å². The van der Waals surface area contributed by atoms with Crippen molar-refractivity contribution in [3.63, 3.8) is 0 Å². The maximum absolute atomic E-state index is 5.48. The molecule has 1 rings (SSSR count). The van der Waals surface area contributed by atoms with Gasteiger partial charge in [0.25, 0.3) is 0 Å². The molecule has 0 aliphatic rings. The van der Waals surface area contributed by atoms with Crippen molar-refractivity contribution < 1.29 is 9.47 Å². The second-order valence-electron chi connectivity index (χ2n) is 5.07. The number of benzene rings is 1. The van der Waals surface area contributed by atoms with Crippen LogP contribution in [0.25, 0.3) is 0 Å². The van der Waals surface area contributed by atoms with E-state index in [4.69, 9.17) is 9.47 Å². The Kier molecular flexibility index (Phi) is 6.89. The van der Waals surface area contributed by atoms with E-state index >= 15 is 0 Å². The lowest BCUT2D eigenvalue weighted by Crippen LogP contribution is -2.35. The summed E-state index contributed by atoms with van der Waals surface area (Å²) in [5, 5.41) is 3.62. The van der Waals surface area contributed by atoms with Crippen LogP contribution in [0.2, 0.25) is 0 Å². The molecule has 0 aliphatic carbocycles. The highest BCUT2D eigenvalue weighted by Crippen LogP contribution is 2.26. The van der Waals surface area contributed by atoms with E-state index in [9.17, 15) is 0 Å². The summed E-state index contributed by atoms with van der Waals surface area (Å²) in [4.78, 5) is 0. The number of aryl methyl sites for hydroxylation is 1. The van der Waals surface area contributed by atoms with Crippen LogP contribution in [-0.2, 0) is 4.74 Å². The first-order chi connectivity index (χ1) is 9.12. The average Bonchev–Trinajstić information content (AvgIpc) is 2.38. The molecule has 3 nitrogen and oxygen atoms in total. The van der Waals surface area contributed by atoms with Gasteiger partial charge < -0.3 is 14.8 Å². The van der Waals surface area contributed by atoms with Gasteiger partial charge in [0, 0.05) is 24.8 Å². The molecule has 108 valence electrons. The predicted octanol–water partition coefficient (Wildman–Crippen LogP) is 3.47. The number of hydrogen-bond acceptors (Lipinski definition) is 3. The number of ether oxygens (including phenoxy) is 2. The first-order valence-corrected chi connectivity index (χ1v) is 7.01. The third-order valence-corrected chi connectivity index (χ3v) is 3.35. The molecule has 0 aliphatic heterocycles. The van der Waals surface area contributed by atoms with Crippen molar-refractivity contribution in [3.8, 4) is 5.75 Å². The predicted molar refractivity (Wildman–Crippen MR) is 79.9 cm³/mol. The minimum absolute atomic E-state index is 0.252. The molecular weight excluding hydrogens is 238 g/mol. The molecule has 0 heterocycles. The first-order valence-electron chi connectivity index (χ1n) is 7.01. The van der Waals surface area contributed by atoms with Crippen LogP contribution in [-0.4, -0.2) is 26.9 Å². The fourth-order valence-corrected chi connectivity index (χ4v) is 2.38. The third-order valence-electron chi connectivity index (χ3n) is 3.35. The van der Waals surface area contributed by atoms with Crippen LogP contribution in [0, 0.1) is 6.92 Å². The fourth-order valence-electron chi connectivity index (χ4n) is 2.38. The summed E-state index contributed by atoms with van der Waals surface area (Å²) in [6, 6.07) is 6.99. The normalized spacial score (nSPS) is 14.2. The highest BCUT2D eigenvalue weighted by atomic mass is 16.5. The second-order valence-corrected chi connectivity index (χ2v) is 5.07. The van der Waals surface area contributed by atoms with E-state index in [0.717, 1.165) is 25.2 Å². The van der Waals surface area contributed by atoms with E-state index in [1.807, 2.05) is 0 Å². The van der Waals surface area contributed by atoms with Gasteiger partial charge in [-0.05, 0) is 31.9 Å². The van der Waals surface area contributed by atoms with Gasteiger partial charge in [0.05, 0.1) is 13.7 Å². The summed E-state index contributed by atoms with van der Waals surface area (Å²) in [5.74, 6) is 0.952. The number of rotatable bonds is 8. The van der Waals surface area contributed by atoms with Crippen molar-refractivity contribution in [1.29, 1.82) is 0 Å². The lowest BCUT2D eigenvalue weighted by molar-refractivity contribution is 0.156. The Labute approximate surface area is 117 Å². The topological polar surface area (TPSA) is 30.5 Å². The Balaban J connectivity index is 2.78. The highest BCUT2D eigenvalue weighted by molar-refractivity contribution is 5.39. The van der Waals surface area contributed by atoms with E-state index in [1.54, 1.807) is 14.2 Å². The van der Waals surface area contributed by atoms with E-state index in [2.05, 4.69) is 44.3 Å². The molecule has 1 N–H and O–H groups in total. The molecule has 2 unspecified atom stereocenters. The van der Waals surface area contributed by atoms with E-state index in [1.165, 1.54) is 11.1 Å². The second kappa shape index (κ2) is 8.18. The smallest absolute Gasteiger partial charge is 0.123 e. The summed E-state index contributed by atoms with van der Waals surface area (Å²) >= 11 is 0. The van der Waals surface area contributed by atoms with E-state index < -0.39 is 0 Å². The Bertz CT molecular complexity index is 373. The zero-order valence-electron chi connectivity index (χ0n) is 12.8. The molecular formula is C16H27NO2. The summed E-state index contributed by atoms with van der Waals surface area (Å²) in [6.07, 6.45) is 2.27. The van der Waals surface area contributed by atoms with Gasteiger partial charge in [0.2, 0.25) is 0 Å². The molecule has 0 saturated carbocycles. The largest absolute Gasteiger partial charge is 0.496 e. The molecule has 0 saturated heterocycles. The molecule has 0 aromatic heterocycles. The summed E-state index contributed by atoms with van der Waals surface area (Å²) < 4.78 is 10.8. The lowest BCUT2D eigenvalue weighted by atomic mass is 10.0. The average molecular weight is 265 g/mol. The third kappa shape index (κ3) is 4.84. The molecule has 2 atom stereocenters. The van der Waals surface area contributed by atoms with Gasteiger partial charge in [-0.1, -0.05) is 25.5 Å². The zero-order valence-corrected chi connectivity index (χ0v) is 12.8. The quantitative estimate of drug-likeness (QED) is 0.780. The fraction of sp³-hybridized carbons (Fsp3) is 0.625. The Morgan fingerprint density at radius 3 is 2.58 bits per heavy atom. The van der Waals surface area contributed by atoms with Crippen LogP contribution in [0.1, 0.15) is 43.9 Å². The van der Waals surface area contributed by atoms with Crippen molar-refractivity contribution in [2.24, 2.45) is 0 Å². The molecule has 0 spiro atoms. The molecule has 0 bridgehead atoms. The van der Waals surface area contributed by atoms with Crippen LogP contribution in [0.4, 0.5) is 0 Å². The van der Waals surface area contributed by atoms with Crippen molar-refractivity contribution >= 4 is 0 Å². The molecule has 19 heavy (non-hydrogen) atoms. The first kappa shape index (κ1) is 16.0. The Hall–Kier alpha value is -1.06. The number of methoxy groups -OCH3 is 2. The minimum atomic E-state index is 0.252. The molecule has 3 heteroatoms. The van der Waals surface area contributed by atoms with Crippen molar-refractivity contribution in [3.05, 3.63) is 29.3 Å².